The largest absolute Gasteiger partial charge is 0.345 e. The highest BCUT2D eigenvalue weighted by molar-refractivity contribution is 7.99. The average molecular weight is 216 g/mol. The van der Waals surface area contributed by atoms with E-state index in [2.05, 4.69) is 5.32 Å². The molecule has 1 atom stereocenters. The van der Waals surface area contributed by atoms with Gasteiger partial charge in [-0.05, 0) is 6.92 Å². The van der Waals surface area contributed by atoms with Crippen molar-refractivity contribution in [3.05, 3.63) is 0 Å². The third-order valence-corrected chi connectivity index (χ3v) is 3.06. The minimum atomic E-state index is -0.393. The van der Waals surface area contributed by atoms with Crippen LogP contribution < -0.4 is 5.32 Å². The molecule has 0 aromatic rings. The highest BCUT2D eigenvalue weighted by atomic mass is 32.2. The second kappa shape index (κ2) is 5.24. The number of rotatable bonds is 2. The van der Waals surface area contributed by atoms with Crippen LogP contribution in [0.4, 0.5) is 0 Å². The summed E-state index contributed by atoms with van der Waals surface area (Å²) in [5.74, 6) is 1.87. The molecule has 0 aromatic carbocycles. The molecule has 1 saturated heterocycles. The molecule has 1 rings (SSSR count). The van der Waals surface area contributed by atoms with E-state index in [0.29, 0.717) is 0 Å². The number of hydrogen-bond acceptors (Lipinski definition) is 3. The molecule has 0 saturated carbocycles. The third kappa shape index (κ3) is 3.21. The van der Waals surface area contributed by atoms with E-state index in [4.69, 9.17) is 0 Å². The van der Waals surface area contributed by atoms with Crippen molar-refractivity contribution in [2.24, 2.45) is 0 Å². The van der Waals surface area contributed by atoms with Gasteiger partial charge in [0.15, 0.2) is 0 Å². The zero-order chi connectivity index (χ0) is 10.6. The van der Waals surface area contributed by atoms with Crippen LogP contribution >= 0.6 is 11.8 Å². The van der Waals surface area contributed by atoms with Gasteiger partial charge in [0.2, 0.25) is 11.8 Å². The predicted molar refractivity (Wildman–Crippen MR) is 57.2 cm³/mol. The van der Waals surface area contributed by atoms with Crippen LogP contribution in [0.15, 0.2) is 0 Å². The van der Waals surface area contributed by atoms with Gasteiger partial charge in [-0.3, -0.25) is 9.59 Å². The van der Waals surface area contributed by atoms with E-state index in [9.17, 15) is 9.59 Å². The normalized spacial score (nSPS) is 18.9. The molecular formula is C9H16N2O2S. The summed E-state index contributed by atoms with van der Waals surface area (Å²) in [7, 11) is 0. The first-order valence-electron chi connectivity index (χ1n) is 4.75. The molecule has 1 aliphatic rings. The van der Waals surface area contributed by atoms with Crippen LogP contribution in [0.3, 0.4) is 0 Å². The number of nitrogens with zero attached hydrogens (tertiary/aromatic N) is 1. The van der Waals surface area contributed by atoms with Gasteiger partial charge in [-0.25, -0.2) is 0 Å². The van der Waals surface area contributed by atoms with E-state index in [1.54, 1.807) is 6.92 Å². The second-order valence-electron chi connectivity index (χ2n) is 3.36. The van der Waals surface area contributed by atoms with E-state index >= 15 is 0 Å². The average Bonchev–Trinajstić information content (AvgIpc) is 2.17. The fraction of sp³-hybridized carbons (Fsp3) is 0.778. The molecule has 1 N–H and O–H groups in total. The van der Waals surface area contributed by atoms with Gasteiger partial charge in [0.1, 0.15) is 6.04 Å². The van der Waals surface area contributed by atoms with Gasteiger partial charge in [0.25, 0.3) is 0 Å². The lowest BCUT2D eigenvalue weighted by molar-refractivity contribution is -0.135. The Hall–Kier alpha value is -0.710. The Morgan fingerprint density at radius 2 is 1.93 bits per heavy atom. The molecule has 4 nitrogen and oxygen atoms in total. The summed E-state index contributed by atoms with van der Waals surface area (Å²) in [6.45, 7) is 4.75. The topological polar surface area (TPSA) is 49.4 Å². The van der Waals surface area contributed by atoms with Crippen LogP contribution in [0.25, 0.3) is 0 Å². The first-order valence-corrected chi connectivity index (χ1v) is 5.90. The van der Waals surface area contributed by atoms with Gasteiger partial charge < -0.3 is 10.2 Å². The highest BCUT2D eigenvalue weighted by Crippen LogP contribution is 2.10. The van der Waals surface area contributed by atoms with Gasteiger partial charge >= 0.3 is 0 Å². The van der Waals surface area contributed by atoms with Crippen molar-refractivity contribution >= 4 is 23.6 Å². The summed E-state index contributed by atoms with van der Waals surface area (Å²) in [6, 6.07) is -0.393. The van der Waals surface area contributed by atoms with Crippen molar-refractivity contribution in [3.63, 3.8) is 0 Å². The summed E-state index contributed by atoms with van der Waals surface area (Å²) in [4.78, 5) is 24.3. The maximum absolute atomic E-state index is 11.7. The maximum Gasteiger partial charge on any atom is 0.244 e. The first-order chi connectivity index (χ1) is 6.61. The van der Waals surface area contributed by atoms with Crippen LogP contribution in [0.5, 0.6) is 0 Å². The lowest BCUT2D eigenvalue weighted by Gasteiger charge is -2.29. The summed E-state index contributed by atoms with van der Waals surface area (Å²) < 4.78 is 0. The summed E-state index contributed by atoms with van der Waals surface area (Å²) in [5, 5.41) is 2.60. The predicted octanol–water partition coefficient (Wildman–Crippen LogP) is 0.0864. The van der Waals surface area contributed by atoms with Gasteiger partial charge in [-0.1, -0.05) is 0 Å². The molecule has 1 fully saturated rings. The number of amides is 2. The SMILES string of the molecule is CC(=O)NC(C)C(=O)N1CCSCC1. The molecule has 0 radical (unpaired) electrons. The van der Waals surface area contributed by atoms with Crippen molar-refractivity contribution in [3.8, 4) is 0 Å². The Morgan fingerprint density at radius 1 is 1.36 bits per heavy atom. The van der Waals surface area contributed by atoms with Crippen LogP contribution in [-0.2, 0) is 9.59 Å². The molecule has 0 aliphatic carbocycles. The third-order valence-electron chi connectivity index (χ3n) is 2.11. The molecule has 0 bridgehead atoms. The second-order valence-corrected chi connectivity index (χ2v) is 4.58. The molecule has 5 heteroatoms. The monoisotopic (exact) mass is 216 g/mol. The molecular weight excluding hydrogens is 200 g/mol. The smallest absolute Gasteiger partial charge is 0.244 e. The summed E-state index contributed by atoms with van der Waals surface area (Å²) >= 11 is 1.86. The lowest BCUT2D eigenvalue weighted by atomic mass is 10.3. The summed E-state index contributed by atoms with van der Waals surface area (Å²) in [6.07, 6.45) is 0. The van der Waals surface area contributed by atoms with Gasteiger partial charge in [0, 0.05) is 31.5 Å². The zero-order valence-electron chi connectivity index (χ0n) is 8.58. The Kier molecular flexibility index (Phi) is 4.25. The Labute approximate surface area is 88.4 Å². The highest BCUT2D eigenvalue weighted by Gasteiger charge is 2.22. The minimum absolute atomic E-state index is 0.0282. The fourth-order valence-corrected chi connectivity index (χ4v) is 2.33. The van der Waals surface area contributed by atoms with Crippen molar-refractivity contribution in [2.75, 3.05) is 24.6 Å². The van der Waals surface area contributed by atoms with E-state index in [-0.39, 0.29) is 11.8 Å². The van der Waals surface area contributed by atoms with Crippen LogP contribution in [0, 0.1) is 0 Å². The van der Waals surface area contributed by atoms with E-state index in [1.165, 1.54) is 6.92 Å². The minimum Gasteiger partial charge on any atom is -0.345 e. The quantitative estimate of drug-likeness (QED) is 0.711. The zero-order valence-corrected chi connectivity index (χ0v) is 9.39. The molecule has 14 heavy (non-hydrogen) atoms. The van der Waals surface area contributed by atoms with Crippen molar-refractivity contribution in [2.45, 2.75) is 19.9 Å². The molecule has 0 aromatic heterocycles. The molecule has 1 aliphatic heterocycles. The number of nitrogens with one attached hydrogen (secondary N) is 1. The fourth-order valence-electron chi connectivity index (χ4n) is 1.42. The standard InChI is InChI=1S/C9H16N2O2S/c1-7(10-8(2)12)9(13)11-3-5-14-6-4-11/h7H,3-6H2,1-2H3,(H,10,12). The number of hydrogen-bond donors (Lipinski definition) is 1. The molecule has 1 heterocycles. The Morgan fingerprint density at radius 3 is 2.43 bits per heavy atom. The van der Waals surface area contributed by atoms with Crippen LogP contribution in [0.1, 0.15) is 13.8 Å². The van der Waals surface area contributed by atoms with E-state index in [1.807, 2.05) is 16.7 Å². The number of thioether (sulfide) groups is 1. The van der Waals surface area contributed by atoms with Gasteiger partial charge in [-0.2, -0.15) is 11.8 Å². The van der Waals surface area contributed by atoms with Crippen molar-refractivity contribution in [1.82, 2.24) is 10.2 Å². The van der Waals surface area contributed by atoms with Crippen molar-refractivity contribution in [1.29, 1.82) is 0 Å². The van der Waals surface area contributed by atoms with E-state index in [0.717, 1.165) is 24.6 Å². The molecule has 0 spiro atoms. The number of carbonyl (C=O) groups excluding carboxylic acids is 2. The lowest BCUT2D eigenvalue weighted by Crippen LogP contribution is -2.48. The van der Waals surface area contributed by atoms with Crippen LogP contribution in [0.2, 0.25) is 0 Å². The Bertz CT molecular complexity index is 227. The summed E-state index contributed by atoms with van der Waals surface area (Å²) in [5.41, 5.74) is 0. The van der Waals surface area contributed by atoms with Crippen molar-refractivity contribution < 1.29 is 9.59 Å². The maximum atomic E-state index is 11.7. The van der Waals surface area contributed by atoms with Crippen LogP contribution in [-0.4, -0.2) is 47.4 Å². The van der Waals surface area contributed by atoms with Gasteiger partial charge in [0.05, 0.1) is 0 Å². The molecule has 2 amide bonds. The van der Waals surface area contributed by atoms with Gasteiger partial charge in [-0.15, -0.1) is 0 Å². The Balaban J connectivity index is 2.42. The molecule has 1 unspecified atom stereocenters. The first kappa shape index (κ1) is 11.4. The molecule has 80 valence electrons. The number of carbonyl (C=O) groups is 2. The van der Waals surface area contributed by atoms with E-state index < -0.39 is 6.04 Å².